The first-order valence-electron chi connectivity index (χ1n) is 3.96. The molecule has 0 unspecified atom stereocenters. The van der Waals surface area contributed by atoms with E-state index in [2.05, 4.69) is 4.74 Å². The predicted molar refractivity (Wildman–Crippen MR) is 41.1 cm³/mol. The summed E-state index contributed by atoms with van der Waals surface area (Å²) in [6.45, 7) is 0. The number of ether oxygens (including phenoxy) is 1. The van der Waals surface area contributed by atoms with Gasteiger partial charge in [0.05, 0.1) is 11.1 Å². The van der Waals surface area contributed by atoms with Crippen LogP contribution in [-0.4, -0.2) is 11.9 Å². The first kappa shape index (κ1) is 7.28. The summed E-state index contributed by atoms with van der Waals surface area (Å²) in [6, 6.07) is 0. The van der Waals surface area contributed by atoms with Crippen molar-refractivity contribution in [2.45, 2.75) is 19.3 Å². The lowest BCUT2D eigenvalue weighted by Crippen LogP contribution is -1.97. The van der Waals surface area contributed by atoms with Crippen molar-refractivity contribution in [3.8, 4) is 0 Å². The van der Waals surface area contributed by atoms with Gasteiger partial charge in [0.1, 0.15) is 0 Å². The lowest BCUT2D eigenvalue weighted by Gasteiger charge is -1.87. The van der Waals surface area contributed by atoms with E-state index in [-0.39, 0.29) is 0 Å². The van der Waals surface area contributed by atoms with Crippen LogP contribution in [-0.2, 0) is 14.3 Å². The van der Waals surface area contributed by atoms with Crippen molar-refractivity contribution >= 4 is 11.9 Å². The van der Waals surface area contributed by atoms with Crippen LogP contribution in [0, 0.1) is 0 Å². The van der Waals surface area contributed by atoms with Crippen LogP contribution in [0.2, 0.25) is 0 Å². The van der Waals surface area contributed by atoms with Gasteiger partial charge in [0.15, 0.2) is 0 Å². The molecular weight excluding hydrogens is 156 g/mol. The fourth-order valence-corrected chi connectivity index (χ4v) is 1.41. The smallest absolute Gasteiger partial charge is 0.346 e. The van der Waals surface area contributed by atoms with Gasteiger partial charge in [0, 0.05) is 0 Å². The summed E-state index contributed by atoms with van der Waals surface area (Å²) < 4.78 is 4.45. The number of rotatable bonds is 0. The second-order valence-electron chi connectivity index (χ2n) is 2.84. The molecule has 0 aromatic carbocycles. The summed E-state index contributed by atoms with van der Waals surface area (Å²) in [6.07, 6.45) is 6.25. The molecule has 0 radical (unpaired) electrons. The first-order chi connectivity index (χ1) is 5.79. The zero-order chi connectivity index (χ0) is 8.55. The fourth-order valence-electron chi connectivity index (χ4n) is 1.41. The Bertz CT molecular complexity index is 280. The Labute approximate surface area is 69.7 Å². The van der Waals surface area contributed by atoms with Gasteiger partial charge in [-0.1, -0.05) is 12.2 Å². The quantitative estimate of drug-likeness (QED) is 0.398. The Kier molecular flexibility index (Phi) is 1.57. The highest BCUT2D eigenvalue weighted by atomic mass is 16.6. The van der Waals surface area contributed by atoms with E-state index in [9.17, 15) is 9.59 Å². The highest BCUT2D eigenvalue weighted by Crippen LogP contribution is 2.26. The summed E-state index contributed by atoms with van der Waals surface area (Å²) in [5.41, 5.74) is 0.912. The molecule has 1 heterocycles. The second kappa shape index (κ2) is 2.59. The number of carbonyl (C=O) groups excluding carboxylic acids is 2. The van der Waals surface area contributed by atoms with Crippen LogP contribution in [0.25, 0.3) is 0 Å². The number of esters is 2. The van der Waals surface area contributed by atoms with Crippen molar-refractivity contribution in [3.63, 3.8) is 0 Å². The Morgan fingerprint density at radius 2 is 1.50 bits per heavy atom. The average Bonchev–Trinajstić information content (AvgIpc) is 2.29. The minimum atomic E-state index is -0.492. The van der Waals surface area contributed by atoms with Gasteiger partial charge in [-0.15, -0.1) is 0 Å². The highest BCUT2D eigenvalue weighted by molar-refractivity contribution is 6.18. The number of carbonyl (C=O) groups is 2. The van der Waals surface area contributed by atoms with Gasteiger partial charge in [-0.05, 0) is 19.3 Å². The maximum absolute atomic E-state index is 11.0. The van der Waals surface area contributed by atoms with Crippen molar-refractivity contribution in [3.05, 3.63) is 23.3 Å². The van der Waals surface area contributed by atoms with Crippen LogP contribution in [0.1, 0.15) is 19.3 Å². The zero-order valence-corrected chi connectivity index (χ0v) is 6.50. The number of fused-ring (bicyclic) bond motifs is 1. The molecule has 0 aromatic heterocycles. The third kappa shape index (κ3) is 0.978. The maximum atomic E-state index is 11.0. The topological polar surface area (TPSA) is 43.4 Å². The summed E-state index contributed by atoms with van der Waals surface area (Å²) >= 11 is 0. The molecule has 0 amide bonds. The largest absolute Gasteiger partial charge is 0.386 e. The van der Waals surface area contributed by atoms with Gasteiger partial charge in [-0.3, -0.25) is 0 Å². The van der Waals surface area contributed by atoms with E-state index in [4.69, 9.17) is 0 Å². The molecule has 1 saturated heterocycles. The maximum Gasteiger partial charge on any atom is 0.346 e. The van der Waals surface area contributed by atoms with Gasteiger partial charge in [0.25, 0.3) is 0 Å². The number of hydrogen-bond acceptors (Lipinski definition) is 3. The molecule has 1 fully saturated rings. The molecule has 0 saturated carbocycles. The SMILES string of the molecule is O=C1OC(=O)C2=CCCCC=C12. The minimum absolute atomic E-state index is 0.456. The van der Waals surface area contributed by atoms with E-state index < -0.39 is 11.9 Å². The lowest BCUT2D eigenvalue weighted by molar-refractivity contribution is -0.149. The standard InChI is InChI=1S/C9H8O3/c10-8-6-4-2-1-3-5-7(6)9(11)12-8/h4-5H,1-3H2. The predicted octanol–water partition coefficient (Wildman–Crippen LogP) is 1.11. The molecule has 0 N–H and O–H groups in total. The molecule has 12 heavy (non-hydrogen) atoms. The normalized spacial score (nSPS) is 22.3. The minimum Gasteiger partial charge on any atom is -0.386 e. The van der Waals surface area contributed by atoms with Crippen molar-refractivity contribution in [2.24, 2.45) is 0 Å². The van der Waals surface area contributed by atoms with Gasteiger partial charge >= 0.3 is 11.9 Å². The molecule has 0 atom stereocenters. The van der Waals surface area contributed by atoms with Crippen LogP contribution in [0.5, 0.6) is 0 Å². The number of hydrogen-bond donors (Lipinski definition) is 0. The van der Waals surface area contributed by atoms with Crippen molar-refractivity contribution in [1.29, 1.82) is 0 Å². The lowest BCUT2D eigenvalue weighted by atomic mass is 10.1. The van der Waals surface area contributed by atoms with E-state index in [1.807, 2.05) is 0 Å². The Hall–Kier alpha value is -1.38. The Balaban J connectivity index is 2.46. The summed E-state index contributed by atoms with van der Waals surface area (Å²) in [5.74, 6) is -0.985. The van der Waals surface area contributed by atoms with Crippen molar-refractivity contribution in [2.75, 3.05) is 0 Å². The van der Waals surface area contributed by atoms with Crippen LogP contribution < -0.4 is 0 Å². The Morgan fingerprint density at radius 1 is 1.00 bits per heavy atom. The molecule has 2 rings (SSSR count). The van der Waals surface area contributed by atoms with E-state index >= 15 is 0 Å². The van der Waals surface area contributed by atoms with Crippen LogP contribution in [0.4, 0.5) is 0 Å². The van der Waals surface area contributed by atoms with Crippen molar-refractivity contribution in [1.82, 2.24) is 0 Å². The van der Waals surface area contributed by atoms with Gasteiger partial charge in [-0.25, -0.2) is 9.59 Å². The van der Waals surface area contributed by atoms with Crippen molar-refractivity contribution < 1.29 is 14.3 Å². The van der Waals surface area contributed by atoms with E-state index in [1.54, 1.807) is 12.2 Å². The van der Waals surface area contributed by atoms with Gasteiger partial charge < -0.3 is 4.74 Å². The van der Waals surface area contributed by atoms with E-state index in [1.165, 1.54) is 0 Å². The average molecular weight is 164 g/mol. The second-order valence-corrected chi connectivity index (χ2v) is 2.84. The molecule has 0 aromatic rings. The molecular formula is C9H8O3. The summed E-state index contributed by atoms with van der Waals surface area (Å²) in [5, 5.41) is 0. The van der Waals surface area contributed by atoms with Gasteiger partial charge in [-0.2, -0.15) is 0 Å². The third-order valence-corrected chi connectivity index (χ3v) is 2.02. The van der Waals surface area contributed by atoms with Crippen LogP contribution >= 0.6 is 0 Å². The molecule has 1 aliphatic carbocycles. The van der Waals surface area contributed by atoms with E-state index in [0.717, 1.165) is 19.3 Å². The Morgan fingerprint density at radius 3 is 2.00 bits per heavy atom. The first-order valence-corrected chi connectivity index (χ1v) is 3.96. The monoisotopic (exact) mass is 164 g/mol. The molecule has 1 aliphatic heterocycles. The van der Waals surface area contributed by atoms with Gasteiger partial charge in [0.2, 0.25) is 0 Å². The highest BCUT2D eigenvalue weighted by Gasteiger charge is 2.33. The van der Waals surface area contributed by atoms with Crippen LogP contribution in [0.15, 0.2) is 23.3 Å². The molecule has 2 aliphatic rings. The fraction of sp³-hybridized carbons (Fsp3) is 0.333. The molecule has 62 valence electrons. The summed E-state index contributed by atoms with van der Waals surface area (Å²) in [7, 11) is 0. The van der Waals surface area contributed by atoms with Crippen LogP contribution in [0.3, 0.4) is 0 Å². The third-order valence-electron chi connectivity index (χ3n) is 2.02. The zero-order valence-electron chi connectivity index (χ0n) is 6.50. The van der Waals surface area contributed by atoms with E-state index in [0.29, 0.717) is 11.1 Å². The number of cyclic esters (lactones) is 2. The molecule has 0 bridgehead atoms. The summed E-state index contributed by atoms with van der Waals surface area (Å²) in [4.78, 5) is 22.0. The molecule has 3 heteroatoms. The number of allylic oxidation sites excluding steroid dienone is 2. The molecule has 3 nitrogen and oxygen atoms in total. The molecule has 0 spiro atoms.